The van der Waals surface area contributed by atoms with Gasteiger partial charge in [0, 0.05) is 50.0 Å². The lowest BCUT2D eigenvalue weighted by Gasteiger charge is -2.37. The van der Waals surface area contributed by atoms with Crippen molar-refractivity contribution in [3.05, 3.63) is 307 Å². The Kier molecular flexibility index (Phi) is 10.6. The Hall–Kier alpha value is -9.44. The first-order chi connectivity index (χ1) is 38.1. The summed E-state index contributed by atoms with van der Waals surface area (Å²) < 4.78 is 4.80. The maximum Gasteiger partial charge on any atom is 0.0711 e. The number of hydrogen-bond donors (Lipinski definition) is 0. The molecule has 0 aliphatic heterocycles. The highest BCUT2D eigenvalue weighted by Gasteiger charge is 2.47. The highest BCUT2D eigenvalue weighted by Crippen LogP contribution is 2.58. The van der Waals surface area contributed by atoms with Gasteiger partial charge < -0.3 is 14.0 Å². The number of anilines is 2. The number of aromatic nitrogens is 2. The molecule has 0 saturated carbocycles. The Labute approximate surface area is 449 Å². The van der Waals surface area contributed by atoms with E-state index in [9.17, 15) is 0 Å². The second-order valence-corrected chi connectivity index (χ2v) is 21.2. The Morgan fingerprint density at radius 3 is 1.65 bits per heavy atom. The standard InChI is InChI=1S/C74H55N3/c1-50-33-39-55(40-34-50)74(54-19-5-2-6-20-54)67-29-15-11-26-61(67)62-44-43-59(49-68(62)74)75(58-41-35-51(36-42-58)52-37-45-72-65(47-52)63-27-13-17-31-70(63)76(72)56-21-7-3-8-22-56)69-30-16-12-25-60(69)53-38-46-73-66(48-53)64-28-14-18-32-71(64)77(73)57-23-9-4-10-24-57/h2-11,13-24,26-33,35-50H,12,25,34H2,1H3. The largest absolute Gasteiger partial charge is 0.310 e. The van der Waals surface area contributed by atoms with Crippen LogP contribution >= 0.6 is 0 Å². The maximum absolute atomic E-state index is 2.55. The molecule has 77 heavy (non-hydrogen) atoms. The zero-order valence-corrected chi connectivity index (χ0v) is 43.0. The molecule has 2 atom stereocenters. The second-order valence-electron chi connectivity index (χ2n) is 21.2. The molecule has 10 aromatic carbocycles. The molecule has 0 N–H and O–H groups in total. The van der Waals surface area contributed by atoms with E-state index in [-0.39, 0.29) is 0 Å². The van der Waals surface area contributed by atoms with Gasteiger partial charge in [0.05, 0.1) is 27.5 Å². The minimum Gasteiger partial charge on any atom is -0.310 e. The second kappa shape index (κ2) is 18.1. The van der Waals surface area contributed by atoms with E-state index in [0.29, 0.717) is 5.92 Å². The number of benzene rings is 10. The minimum absolute atomic E-state index is 0.488. The van der Waals surface area contributed by atoms with Gasteiger partial charge in [-0.2, -0.15) is 0 Å². The lowest BCUT2D eigenvalue weighted by molar-refractivity contribution is 0.691. The highest BCUT2D eigenvalue weighted by molar-refractivity contribution is 6.11. The number of fused-ring (bicyclic) bond motifs is 9. The van der Waals surface area contributed by atoms with Crippen LogP contribution < -0.4 is 4.90 Å². The average Bonchev–Trinajstić information content (AvgIpc) is 4.26. The van der Waals surface area contributed by atoms with Crippen LogP contribution in [0.25, 0.3) is 82.8 Å². The zero-order chi connectivity index (χ0) is 51.0. The van der Waals surface area contributed by atoms with Crippen LogP contribution in [0.5, 0.6) is 0 Å². The third-order valence-corrected chi connectivity index (χ3v) is 16.8. The molecule has 0 fully saturated rings. The molecule has 3 aliphatic rings. The summed E-state index contributed by atoms with van der Waals surface area (Å²) in [5.41, 5.74) is 22.9. The summed E-state index contributed by atoms with van der Waals surface area (Å²) in [4.78, 5) is 2.55. The molecule has 2 heterocycles. The number of nitrogens with zero attached hydrogens (tertiary/aromatic N) is 3. The summed E-state index contributed by atoms with van der Waals surface area (Å²) >= 11 is 0. The van der Waals surface area contributed by atoms with E-state index in [2.05, 4.69) is 294 Å². The van der Waals surface area contributed by atoms with Gasteiger partial charge in [0.15, 0.2) is 0 Å². The van der Waals surface area contributed by atoms with Crippen LogP contribution in [0, 0.1) is 5.92 Å². The third kappa shape index (κ3) is 7.11. The molecule has 12 aromatic rings. The number of para-hydroxylation sites is 4. The first kappa shape index (κ1) is 45.0. The monoisotopic (exact) mass is 985 g/mol. The molecule has 0 saturated heterocycles. The quantitative estimate of drug-likeness (QED) is 0.140. The van der Waals surface area contributed by atoms with Gasteiger partial charge in [-0.05, 0) is 172 Å². The van der Waals surface area contributed by atoms with E-state index < -0.39 is 5.41 Å². The Bertz CT molecular complexity index is 4410. The number of allylic oxidation sites excluding steroid dienone is 7. The van der Waals surface area contributed by atoms with Crippen molar-refractivity contribution in [2.75, 3.05) is 4.90 Å². The van der Waals surface area contributed by atoms with Crippen molar-refractivity contribution < 1.29 is 0 Å². The minimum atomic E-state index is -0.505. The first-order valence-electron chi connectivity index (χ1n) is 27.3. The van der Waals surface area contributed by atoms with Crippen LogP contribution in [-0.4, -0.2) is 9.13 Å². The zero-order valence-electron chi connectivity index (χ0n) is 43.0. The van der Waals surface area contributed by atoms with Crippen molar-refractivity contribution in [3.63, 3.8) is 0 Å². The molecule has 3 aliphatic carbocycles. The lowest BCUT2D eigenvalue weighted by atomic mass is 9.65. The van der Waals surface area contributed by atoms with Gasteiger partial charge in [-0.1, -0.05) is 189 Å². The van der Waals surface area contributed by atoms with E-state index in [1.807, 2.05) is 0 Å². The molecular weight excluding hydrogens is 931 g/mol. The molecule has 366 valence electrons. The van der Waals surface area contributed by atoms with Gasteiger partial charge >= 0.3 is 0 Å². The van der Waals surface area contributed by atoms with E-state index in [1.165, 1.54) is 111 Å². The van der Waals surface area contributed by atoms with E-state index in [1.54, 1.807) is 0 Å². The summed E-state index contributed by atoms with van der Waals surface area (Å²) in [6.45, 7) is 2.32. The molecule has 3 heteroatoms. The summed E-state index contributed by atoms with van der Waals surface area (Å²) in [6.07, 6.45) is 15.0. The molecule has 3 nitrogen and oxygen atoms in total. The van der Waals surface area contributed by atoms with Gasteiger partial charge in [-0.15, -0.1) is 0 Å². The van der Waals surface area contributed by atoms with E-state index in [0.717, 1.165) is 36.3 Å². The van der Waals surface area contributed by atoms with Crippen molar-refractivity contribution in [3.8, 4) is 33.6 Å². The van der Waals surface area contributed by atoms with E-state index >= 15 is 0 Å². The smallest absolute Gasteiger partial charge is 0.0711 e. The van der Waals surface area contributed by atoms with Crippen molar-refractivity contribution in [1.82, 2.24) is 9.13 Å². The highest BCUT2D eigenvalue weighted by atomic mass is 15.1. The lowest BCUT2D eigenvalue weighted by Crippen LogP contribution is -2.30. The van der Waals surface area contributed by atoms with Crippen LogP contribution in [0.2, 0.25) is 0 Å². The molecule has 15 rings (SSSR count). The normalized spacial score (nSPS) is 16.8. The Balaban J connectivity index is 0.933. The molecule has 0 radical (unpaired) electrons. The molecule has 0 bridgehead atoms. The molecule has 2 aromatic heterocycles. The van der Waals surface area contributed by atoms with Crippen molar-refractivity contribution >= 4 is 60.6 Å². The van der Waals surface area contributed by atoms with Crippen LogP contribution in [-0.2, 0) is 5.41 Å². The van der Waals surface area contributed by atoms with Crippen LogP contribution in [0.3, 0.4) is 0 Å². The van der Waals surface area contributed by atoms with E-state index in [4.69, 9.17) is 0 Å². The average molecular weight is 986 g/mol. The SMILES string of the molecule is CC1C=CC(C2(c3ccccc3)c3ccccc3-c3ccc(N(C4=C(c5ccc6c(c5)c5ccccc5n6-c5ccccc5)CCC=C4)c4ccc(-c5ccc6c(c5)c5ccccc5n6-c5ccccc5)cc4)cc32)=CC1. The van der Waals surface area contributed by atoms with Crippen molar-refractivity contribution in [2.24, 2.45) is 5.92 Å². The summed E-state index contributed by atoms with van der Waals surface area (Å²) in [5, 5.41) is 5.01. The first-order valence-corrected chi connectivity index (χ1v) is 27.3. The van der Waals surface area contributed by atoms with Gasteiger partial charge in [0.2, 0.25) is 0 Å². The fourth-order valence-corrected chi connectivity index (χ4v) is 13.3. The molecule has 0 amide bonds. The van der Waals surface area contributed by atoms with Gasteiger partial charge in [-0.25, -0.2) is 0 Å². The summed E-state index contributed by atoms with van der Waals surface area (Å²) in [6, 6.07) is 90.3. The van der Waals surface area contributed by atoms with Gasteiger partial charge in [0.1, 0.15) is 0 Å². The van der Waals surface area contributed by atoms with Crippen molar-refractivity contribution in [2.45, 2.75) is 31.6 Å². The van der Waals surface area contributed by atoms with Gasteiger partial charge in [0.25, 0.3) is 0 Å². The molecular formula is C74H55N3. The van der Waals surface area contributed by atoms with Crippen LogP contribution in [0.15, 0.2) is 284 Å². The topological polar surface area (TPSA) is 13.1 Å². The third-order valence-electron chi connectivity index (χ3n) is 16.8. The summed E-state index contributed by atoms with van der Waals surface area (Å²) in [5.74, 6) is 0.488. The molecule has 0 spiro atoms. The fourth-order valence-electron chi connectivity index (χ4n) is 13.3. The predicted octanol–water partition coefficient (Wildman–Crippen LogP) is 19.3. The van der Waals surface area contributed by atoms with Crippen LogP contribution in [0.1, 0.15) is 48.4 Å². The van der Waals surface area contributed by atoms with Crippen molar-refractivity contribution in [1.29, 1.82) is 0 Å². The Morgan fingerprint density at radius 1 is 0.442 bits per heavy atom. The number of rotatable bonds is 9. The Morgan fingerprint density at radius 2 is 0.987 bits per heavy atom. The summed E-state index contributed by atoms with van der Waals surface area (Å²) in [7, 11) is 0. The van der Waals surface area contributed by atoms with Gasteiger partial charge in [-0.3, -0.25) is 0 Å². The molecule has 2 unspecified atom stereocenters. The number of hydrogen-bond acceptors (Lipinski definition) is 1. The maximum atomic E-state index is 2.55. The van der Waals surface area contributed by atoms with Crippen LogP contribution in [0.4, 0.5) is 11.4 Å². The fraction of sp³-hybridized carbons (Fsp3) is 0.0811. The predicted molar refractivity (Wildman–Crippen MR) is 324 cm³/mol.